The van der Waals surface area contributed by atoms with E-state index >= 15 is 0 Å². The average Bonchev–Trinajstić information content (AvgIpc) is 3.02. The normalized spacial score (nSPS) is 23.0. The van der Waals surface area contributed by atoms with Crippen LogP contribution in [-0.2, 0) is 0 Å². The predicted octanol–water partition coefficient (Wildman–Crippen LogP) is 2.11. The van der Waals surface area contributed by atoms with E-state index in [9.17, 15) is 5.21 Å². The average molecular weight is 270 g/mol. The molecule has 4 heterocycles. The van der Waals surface area contributed by atoms with E-state index < -0.39 is 0 Å². The van der Waals surface area contributed by atoms with E-state index in [1.807, 2.05) is 6.07 Å². The molecular weight excluding hydrogens is 252 g/mol. The van der Waals surface area contributed by atoms with Gasteiger partial charge in [0, 0.05) is 18.2 Å². The first kappa shape index (κ1) is 11.8. The van der Waals surface area contributed by atoms with Gasteiger partial charge in [0.05, 0.1) is 6.20 Å². The van der Waals surface area contributed by atoms with Gasteiger partial charge in [-0.25, -0.2) is 4.98 Å². The molecule has 104 valence electrons. The minimum absolute atomic E-state index is 0.490. The Hall–Kier alpha value is -2.01. The standard InChI is InChI=1S/C15H18N4O/c16-14-4-3-13-15(17-14)12(9-19(13)20)10-5-7-18-6-1-2-11(18)8-10/h3-5,9,11,20H,1-2,6-8H2,(H2,16,17). The van der Waals surface area contributed by atoms with Crippen LogP contribution in [0.5, 0.6) is 0 Å². The highest BCUT2D eigenvalue weighted by molar-refractivity contribution is 5.91. The number of aromatic nitrogens is 2. The molecule has 0 spiro atoms. The molecule has 2 aliphatic rings. The first-order valence-electron chi connectivity index (χ1n) is 7.12. The Morgan fingerprint density at radius 2 is 2.25 bits per heavy atom. The molecule has 0 bridgehead atoms. The van der Waals surface area contributed by atoms with Crippen molar-refractivity contribution in [3.05, 3.63) is 30.0 Å². The van der Waals surface area contributed by atoms with Crippen molar-refractivity contribution in [1.82, 2.24) is 14.6 Å². The fraction of sp³-hybridized carbons (Fsp3) is 0.400. The second kappa shape index (κ2) is 4.24. The number of pyridine rings is 1. The van der Waals surface area contributed by atoms with Crippen LogP contribution in [0.15, 0.2) is 24.4 Å². The highest BCUT2D eigenvalue weighted by atomic mass is 16.5. The molecular formula is C15H18N4O. The third-order valence-electron chi connectivity index (χ3n) is 4.52. The molecule has 2 aromatic rings. The lowest BCUT2D eigenvalue weighted by molar-refractivity contribution is 0.200. The molecule has 1 fully saturated rings. The molecule has 0 aromatic carbocycles. The molecule has 0 radical (unpaired) electrons. The zero-order chi connectivity index (χ0) is 13.7. The van der Waals surface area contributed by atoms with Crippen molar-refractivity contribution in [2.24, 2.45) is 0 Å². The van der Waals surface area contributed by atoms with Crippen molar-refractivity contribution in [1.29, 1.82) is 0 Å². The molecule has 1 unspecified atom stereocenters. The minimum Gasteiger partial charge on any atom is -0.428 e. The molecule has 4 rings (SSSR count). The van der Waals surface area contributed by atoms with Gasteiger partial charge in [0.2, 0.25) is 0 Å². The van der Waals surface area contributed by atoms with E-state index in [0.29, 0.717) is 17.4 Å². The Bertz CT molecular complexity index is 703. The fourth-order valence-corrected chi connectivity index (χ4v) is 3.49. The molecule has 3 N–H and O–H groups in total. The van der Waals surface area contributed by atoms with Gasteiger partial charge in [0.15, 0.2) is 0 Å². The summed E-state index contributed by atoms with van der Waals surface area (Å²) in [5.41, 5.74) is 9.59. The van der Waals surface area contributed by atoms with Crippen molar-refractivity contribution in [2.45, 2.75) is 25.3 Å². The van der Waals surface area contributed by atoms with Crippen LogP contribution in [0.4, 0.5) is 5.82 Å². The second-order valence-corrected chi connectivity index (χ2v) is 5.72. The van der Waals surface area contributed by atoms with Crippen molar-refractivity contribution >= 4 is 22.4 Å². The molecule has 0 aliphatic carbocycles. The highest BCUT2D eigenvalue weighted by Gasteiger charge is 2.29. The summed E-state index contributed by atoms with van der Waals surface area (Å²) in [5.74, 6) is 0.490. The largest absolute Gasteiger partial charge is 0.428 e. The number of anilines is 1. The molecule has 5 heteroatoms. The molecule has 1 saturated heterocycles. The van der Waals surface area contributed by atoms with Crippen LogP contribution in [0.2, 0.25) is 0 Å². The lowest BCUT2D eigenvalue weighted by Gasteiger charge is -2.28. The van der Waals surface area contributed by atoms with E-state index in [0.717, 1.165) is 28.8 Å². The Balaban J connectivity index is 1.80. The van der Waals surface area contributed by atoms with Gasteiger partial charge in [-0.15, -0.1) is 0 Å². The van der Waals surface area contributed by atoms with Gasteiger partial charge in [0.25, 0.3) is 0 Å². The van der Waals surface area contributed by atoms with Gasteiger partial charge in [0.1, 0.15) is 16.9 Å². The summed E-state index contributed by atoms with van der Waals surface area (Å²) in [4.78, 5) is 6.93. The van der Waals surface area contributed by atoms with Gasteiger partial charge in [-0.3, -0.25) is 4.90 Å². The lowest BCUT2D eigenvalue weighted by Crippen LogP contribution is -2.32. The third kappa shape index (κ3) is 1.70. The Morgan fingerprint density at radius 1 is 1.35 bits per heavy atom. The van der Waals surface area contributed by atoms with Crippen LogP contribution in [0.3, 0.4) is 0 Å². The van der Waals surface area contributed by atoms with Crippen molar-refractivity contribution in [2.75, 3.05) is 18.8 Å². The van der Waals surface area contributed by atoms with E-state index in [1.165, 1.54) is 25.0 Å². The van der Waals surface area contributed by atoms with Gasteiger partial charge in [-0.1, -0.05) is 6.08 Å². The summed E-state index contributed by atoms with van der Waals surface area (Å²) in [6, 6.07) is 4.17. The van der Waals surface area contributed by atoms with E-state index in [1.54, 1.807) is 12.3 Å². The Labute approximate surface area is 117 Å². The fourth-order valence-electron chi connectivity index (χ4n) is 3.49. The molecule has 2 aliphatic heterocycles. The Morgan fingerprint density at radius 3 is 3.15 bits per heavy atom. The maximum absolute atomic E-state index is 10.00. The molecule has 2 aromatic heterocycles. The molecule has 0 saturated carbocycles. The smallest absolute Gasteiger partial charge is 0.124 e. The lowest BCUT2D eigenvalue weighted by atomic mass is 9.95. The first-order valence-corrected chi connectivity index (χ1v) is 7.12. The molecule has 20 heavy (non-hydrogen) atoms. The van der Waals surface area contributed by atoms with Crippen LogP contribution in [-0.4, -0.2) is 39.0 Å². The molecule has 1 atom stereocenters. The number of fused-ring (bicyclic) bond motifs is 2. The molecule has 0 amide bonds. The quantitative estimate of drug-likeness (QED) is 0.779. The zero-order valence-corrected chi connectivity index (χ0v) is 11.3. The van der Waals surface area contributed by atoms with Gasteiger partial charge < -0.3 is 10.9 Å². The van der Waals surface area contributed by atoms with Crippen molar-refractivity contribution < 1.29 is 5.21 Å². The summed E-state index contributed by atoms with van der Waals surface area (Å²) in [5, 5.41) is 10.00. The van der Waals surface area contributed by atoms with Crippen molar-refractivity contribution in [3.8, 4) is 0 Å². The Kier molecular flexibility index (Phi) is 2.50. The number of hydrogen-bond acceptors (Lipinski definition) is 4. The minimum atomic E-state index is 0.490. The van der Waals surface area contributed by atoms with Crippen LogP contribution in [0.1, 0.15) is 24.8 Å². The van der Waals surface area contributed by atoms with Gasteiger partial charge in [-0.05, 0) is 43.5 Å². The van der Waals surface area contributed by atoms with Crippen molar-refractivity contribution in [3.63, 3.8) is 0 Å². The predicted molar refractivity (Wildman–Crippen MR) is 78.5 cm³/mol. The van der Waals surface area contributed by atoms with Gasteiger partial charge in [-0.2, -0.15) is 4.73 Å². The monoisotopic (exact) mass is 270 g/mol. The highest BCUT2D eigenvalue weighted by Crippen LogP contribution is 2.35. The summed E-state index contributed by atoms with van der Waals surface area (Å²) in [7, 11) is 0. The zero-order valence-electron chi connectivity index (χ0n) is 11.3. The van der Waals surface area contributed by atoms with E-state index in [-0.39, 0.29) is 0 Å². The maximum atomic E-state index is 10.00. The summed E-state index contributed by atoms with van der Waals surface area (Å²) in [6.07, 6.45) is 7.62. The van der Waals surface area contributed by atoms with Crippen LogP contribution < -0.4 is 5.73 Å². The summed E-state index contributed by atoms with van der Waals surface area (Å²) >= 11 is 0. The first-order chi connectivity index (χ1) is 9.72. The summed E-state index contributed by atoms with van der Waals surface area (Å²) in [6.45, 7) is 2.21. The number of hydrogen-bond donors (Lipinski definition) is 2. The second-order valence-electron chi connectivity index (χ2n) is 5.72. The van der Waals surface area contributed by atoms with Crippen LogP contribution in [0.25, 0.3) is 16.6 Å². The van der Waals surface area contributed by atoms with Crippen LogP contribution >= 0.6 is 0 Å². The van der Waals surface area contributed by atoms with E-state index in [4.69, 9.17) is 5.73 Å². The van der Waals surface area contributed by atoms with Gasteiger partial charge >= 0.3 is 0 Å². The molecule has 5 nitrogen and oxygen atoms in total. The number of nitrogens with two attached hydrogens (primary N) is 1. The number of nitrogen functional groups attached to an aromatic ring is 1. The maximum Gasteiger partial charge on any atom is 0.124 e. The number of nitrogens with zero attached hydrogens (tertiary/aromatic N) is 3. The SMILES string of the molecule is Nc1ccc2c(n1)c(C1=CCN3CCCC3C1)cn2O. The third-order valence-corrected chi connectivity index (χ3v) is 4.52. The number of rotatable bonds is 1. The van der Waals surface area contributed by atoms with E-state index in [2.05, 4.69) is 16.0 Å². The summed E-state index contributed by atoms with van der Waals surface area (Å²) < 4.78 is 1.15. The van der Waals surface area contributed by atoms with Crippen LogP contribution in [0, 0.1) is 0 Å². The topological polar surface area (TPSA) is 67.3 Å².